The maximum atomic E-state index is 4.47. The zero-order valence-electron chi connectivity index (χ0n) is 13.1. The summed E-state index contributed by atoms with van der Waals surface area (Å²) >= 11 is 0. The van der Waals surface area contributed by atoms with E-state index in [2.05, 4.69) is 50.1 Å². The molecule has 0 amide bonds. The second-order valence-electron chi connectivity index (χ2n) is 5.50. The van der Waals surface area contributed by atoms with E-state index >= 15 is 0 Å². The summed E-state index contributed by atoms with van der Waals surface area (Å²) in [5.41, 5.74) is 3.66. The number of hydrogen-bond donors (Lipinski definition) is 1. The average molecular weight is 262 g/mol. The van der Waals surface area contributed by atoms with Crippen molar-refractivity contribution in [1.82, 2.24) is 10.3 Å². The summed E-state index contributed by atoms with van der Waals surface area (Å²) < 4.78 is 0. The molecule has 0 spiro atoms. The molecule has 1 atom stereocenters. The van der Waals surface area contributed by atoms with E-state index in [1.165, 1.54) is 44.1 Å². The van der Waals surface area contributed by atoms with Crippen LogP contribution in [0.5, 0.6) is 0 Å². The van der Waals surface area contributed by atoms with Crippen molar-refractivity contribution in [2.45, 2.75) is 72.3 Å². The maximum absolute atomic E-state index is 4.47. The molecule has 1 rings (SSSR count). The largest absolute Gasteiger partial charge is 0.310 e. The number of unbranched alkanes of at least 4 members (excludes halogenated alkanes) is 4. The van der Waals surface area contributed by atoms with E-state index in [0.29, 0.717) is 6.04 Å². The topological polar surface area (TPSA) is 24.9 Å². The van der Waals surface area contributed by atoms with Gasteiger partial charge in [0.05, 0.1) is 0 Å². The fourth-order valence-corrected chi connectivity index (χ4v) is 2.65. The van der Waals surface area contributed by atoms with Gasteiger partial charge in [0.15, 0.2) is 0 Å². The number of nitrogens with zero attached hydrogens (tertiary/aromatic N) is 1. The van der Waals surface area contributed by atoms with Gasteiger partial charge in [0.2, 0.25) is 0 Å². The van der Waals surface area contributed by atoms with E-state index in [1.54, 1.807) is 0 Å². The van der Waals surface area contributed by atoms with Crippen molar-refractivity contribution in [3.05, 3.63) is 29.1 Å². The Labute approximate surface area is 119 Å². The first kappa shape index (κ1) is 16.2. The molecule has 1 aromatic rings. The quantitative estimate of drug-likeness (QED) is 0.652. The number of nitrogens with one attached hydrogen (secondary N) is 1. The van der Waals surface area contributed by atoms with Crippen LogP contribution in [0.1, 0.15) is 75.4 Å². The first-order chi connectivity index (χ1) is 9.17. The van der Waals surface area contributed by atoms with E-state index in [4.69, 9.17) is 0 Å². The molecule has 1 aromatic heterocycles. The van der Waals surface area contributed by atoms with Crippen molar-refractivity contribution in [2.24, 2.45) is 0 Å². The molecule has 2 heteroatoms. The molecule has 0 aliphatic carbocycles. The lowest BCUT2D eigenvalue weighted by Crippen LogP contribution is -2.21. The summed E-state index contributed by atoms with van der Waals surface area (Å²) in [5, 5.41) is 3.62. The molecule has 0 fully saturated rings. The van der Waals surface area contributed by atoms with Gasteiger partial charge in [-0.25, -0.2) is 0 Å². The standard InChI is InChI=1S/C17H30N2/c1-5-7-8-9-10-11-17(18-6-2)16-12-14(3)19-15(4)13-16/h12-13,17-18H,5-11H2,1-4H3. The van der Waals surface area contributed by atoms with Crippen LogP contribution in [-0.2, 0) is 0 Å². The van der Waals surface area contributed by atoms with Crippen LogP contribution in [0.4, 0.5) is 0 Å². The number of hydrogen-bond acceptors (Lipinski definition) is 2. The highest BCUT2D eigenvalue weighted by atomic mass is 14.9. The number of aryl methyl sites for hydroxylation is 2. The van der Waals surface area contributed by atoms with Crippen LogP contribution in [0.25, 0.3) is 0 Å². The first-order valence-electron chi connectivity index (χ1n) is 7.86. The van der Waals surface area contributed by atoms with Crippen molar-refractivity contribution in [1.29, 1.82) is 0 Å². The van der Waals surface area contributed by atoms with E-state index < -0.39 is 0 Å². The Balaban J connectivity index is 2.55. The fourth-order valence-electron chi connectivity index (χ4n) is 2.65. The molecule has 1 N–H and O–H groups in total. The molecule has 0 bridgehead atoms. The molecule has 0 aliphatic rings. The Morgan fingerprint density at radius 2 is 1.63 bits per heavy atom. The Bertz CT molecular complexity index is 340. The van der Waals surface area contributed by atoms with Crippen molar-refractivity contribution in [3.8, 4) is 0 Å². The molecule has 0 saturated carbocycles. The Kier molecular flexibility index (Phi) is 7.73. The van der Waals surface area contributed by atoms with Gasteiger partial charge < -0.3 is 5.32 Å². The molecule has 0 aromatic carbocycles. The summed E-state index contributed by atoms with van der Waals surface area (Å²) in [5.74, 6) is 0. The Hall–Kier alpha value is -0.890. The second-order valence-corrected chi connectivity index (χ2v) is 5.50. The molecule has 0 aliphatic heterocycles. The molecule has 1 heterocycles. The van der Waals surface area contributed by atoms with Crippen molar-refractivity contribution in [2.75, 3.05) is 6.54 Å². The van der Waals surface area contributed by atoms with Gasteiger partial charge in [0, 0.05) is 17.4 Å². The van der Waals surface area contributed by atoms with Gasteiger partial charge in [0.1, 0.15) is 0 Å². The highest BCUT2D eigenvalue weighted by Crippen LogP contribution is 2.21. The molecule has 19 heavy (non-hydrogen) atoms. The zero-order chi connectivity index (χ0) is 14.1. The SMILES string of the molecule is CCCCCCCC(NCC)c1cc(C)nc(C)c1. The minimum Gasteiger partial charge on any atom is -0.310 e. The normalized spacial score (nSPS) is 12.6. The Morgan fingerprint density at radius 3 is 2.21 bits per heavy atom. The van der Waals surface area contributed by atoms with Crippen LogP contribution < -0.4 is 5.32 Å². The minimum atomic E-state index is 0.493. The molecular weight excluding hydrogens is 232 g/mol. The summed E-state index contributed by atoms with van der Waals surface area (Å²) in [4.78, 5) is 4.47. The number of rotatable bonds is 9. The third-order valence-electron chi connectivity index (χ3n) is 3.55. The predicted octanol–water partition coefficient (Wildman–Crippen LogP) is 4.71. The Morgan fingerprint density at radius 1 is 1.00 bits per heavy atom. The van der Waals surface area contributed by atoms with Crippen LogP contribution in [0, 0.1) is 13.8 Å². The van der Waals surface area contributed by atoms with Crippen LogP contribution in [-0.4, -0.2) is 11.5 Å². The minimum absolute atomic E-state index is 0.493. The van der Waals surface area contributed by atoms with Gasteiger partial charge >= 0.3 is 0 Å². The van der Waals surface area contributed by atoms with Crippen molar-refractivity contribution in [3.63, 3.8) is 0 Å². The van der Waals surface area contributed by atoms with Crippen molar-refractivity contribution >= 4 is 0 Å². The van der Waals surface area contributed by atoms with E-state index in [1.807, 2.05) is 0 Å². The monoisotopic (exact) mass is 262 g/mol. The van der Waals surface area contributed by atoms with Crippen LogP contribution >= 0.6 is 0 Å². The third-order valence-corrected chi connectivity index (χ3v) is 3.55. The van der Waals surface area contributed by atoms with E-state index in [9.17, 15) is 0 Å². The maximum Gasteiger partial charge on any atom is 0.0379 e. The molecule has 108 valence electrons. The first-order valence-corrected chi connectivity index (χ1v) is 7.86. The molecule has 2 nitrogen and oxygen atoms in total. The second kappa shape index (κ2) is 9.08. The highest BCUT2D eigenvalue weighted by molar-refractivity contribution is 5.23. The van der Waals surface area contributed by atoms with Crippen LogP contribution in [0.15, 0.2) is 12.1 Å². The third kappa shape index (κ3) is 6.20. The van der Waals surface area contributed by atoms with E-state index in [0.717, 1.165) is 17.9 Å². The van der Waals surface area contributed by atoms with Gasteiger partial charge in [0.25, 0.3) is 0 Å². The molecule has 0 saturated heterocycles. The van der Waals surface area contributed by atoms with Gasteiger partial charge in [-0.2, -0.15) is 0 Å². The van der Waals surface area contributed by atoms with E-state index in [-0.39, 0.29) is 0 Å². The van der Waals surface area contributed by atoms with Gasteiger partial charge in [-0.3, -0.25) is 4.98 Å². The molecule has 0 radical (unpaired) electrons. The lowest BCUT2D eigenvalue weighted by molar-refractivity contribution is 0.478. The lowest BCUT2D eigenvalue weighted by atomic mass is 9.99. The lowest BCUT2D eigenvalue weighted by Gasteiger charge is -2.19. The number of pyridine rings is 1. The zero-order valence-corrected chi connectivity index (χ0v) is 13.1. The average Bonchev–Trinajstić information content (AvgIpc) is 2.36. The summed E-state index contributed by atoms with van der Waals surface area (Å²) in [6.45, 7) is 9.65. The van der Waals surface area contributed by atoms with Crippen LogP contribution in [0.3, 0.4) is 0 Å². The smallest absolute Gasteiger partial charge is 0.0379 e. The summed E-state index contributed by atoms with van der Waals surface area (Å²) in [6.07, 6.45) is 7.99. The predicted molar refractivity (Wildman–Crippen MR) is 83.5 cm³/mol. The summed E-state index contributed by atoms with van der Waals surface area (Å²) in [6, 6.07) is 4.95. The molecule has 1 unspecified atom stereocenters. The fraction of sp³-hybridized carbons (Fsp3) is 0.706. The molecular formula is C17H30N2. The summed E-state index contributed by atoms with van der Waals surface area (Å²) in [7, 11) is 0. The highest BCUT2D eigenvalue weighted by Gasteiger charge is 2.11. The van der Waals surface area contributed by atoms with Crippen molar-refractivity contribution < 1.29 is 0 Å². The van der Waals surface area contributed by atoms with Gasteiger partial charge in [-0.15, -0.1) is 0 Å². The van der Waals surface area contributed by atoms with Crippen LogP contribution in [0.2, 0.25) is 0 Å². The number of aromatic nitrogens is 1. The van der Waals surface area contributed by atoms with Gasteiger partial charge in [-0.1, -0.05) is 46.0 Å². The van der Waals surface area contributed by atoms with Gasteiger partial charge in [-0.05, 0) is 44.5 Å².